The van der Waals surface area contributed by atoms with Crippen molar-refractivity contribution in [2.45, 2.75) is 83.7 Å². The van der Waals surface area contributed by atoms with Gasteiger partial charge in [-0.25, -0.2) is 0 Å². The highest BCUT2D eigenvalue weighted by molar-refractivity contribution is 4.95. The third-order valence-corrected chi connectivity index (χ3v) is 4.86. The Kier molecular flexibility index (Phi) is 3.63. The highest BCUT2D eigenvalue weighted by Gasteiger charge is 2.43. The molecule has 2 aliphatic carbocycles. The van der Waals surface area contributed by atoms with Gasteiger partial charge in [-0.05, 0) is 43.4 Å². The van der Waals surface area contributed by atoms with Gasteiger partial charge in [0, 0.05) is 0 Å². The molecule has 0 aromatic heterocycles. The first-order chi connectivity index (χ1) is 7.52. The lowest BCUT2D eigenvalue weighted by Gasteiger charge is -2.46. The van der Waals surface area contributed by atoms with Crippen molar-refractivity contribution in [3.63, 3.8) is 0 Å². The number of hydrogen-bond acceptors (Lipinski definition) is 1. The summed E-state index contributed by atoms with van der Waals surface area (Å²) in [5.74, 6) is 0.592. The van der Waals surface area contributed by atoms with Crippen molar-refractivity contribution < 1.29 is 5.11 Å². The zero-order valence-corrected chi connectivity index (χ0v) is 11.1. The molecular weight excluding hydrogens is 196 g/mol. The standard InChI is InChI=1S/C15H28O/c1-14(2)10-7-11-15(16,12-14)13-8-5-3-4-6-9-13/h13,16H,3-12H2,1-2H3. The summed E-state index contributed by atoms with van der Waals surface area (Å²) in [5.41, 5.74) is 0.0331. The molecule has 0 aliphatic heterocycles. The fraction of sp³-hybridized carbons (Fsp3) is 1.00. The lowest BCUT2D eigenvalue weighted by atomic mass is 9.64. The zero-order valence-electron chi connectivity index (χ0n) is 11.1. The zero-order chi connectivity index (χ0) is 11.6. The summed E-state index contributed by atoms with van der Waals surface area (Å²) in [6.07, 6.45) is 12.6. The molecule has 1 unspecified atom stereocenters. The summed E-state index contributed by atoms with van der Waals surface area (Å²) >= 11 is 0. The molecule has 1 N–H and O–H groups in total. The first kappa shape index (κ1) is 12.4. The molecular formula is C15H28O. The van der Waals surface area contributed by atoms with E-state index in [1.807, 2.05) is 0 Å². The maximum Gasteiger partial charge on any atom is 0.0680 e. The summed E-state index contributed by atoms with van der Waals surface area (Å²) < 4.78 is 0. The minimum Gasteiger partial charge on any atom is -0.390 e. The van der Waals surface area contributed by atoms with E-state index in [4.69, 9.17) is 0 Å². The number of rotatable bonds is 1. The predicted molar refractivity (Wildman–Crippen MR) is 68.4 cm³/mol. The van der Waals surface area contributed by atoms with E-state index < -0.39 is 0 Å². The Morgan fingerprint density at radius 1 is 0.875 bits per heavy atom. The van der Waals surface area contributed by atoms with E-state index in [2.05, 4.69) is 13.8 Å². The Balaban J connectivity index is 2.04. The van der Waals surface area contributed by atoms with E-state index >= 15 is 0 Å². The highest BCUT2D eigenvalue weighted by atomic mass is 16.3. The molecule has 0 aromatic rings. The molecule has 2 aliphatic rings. The molecule has 1 heteroatoms. The fourth-order valence-corrected chi connectivity index (χ4v) is 4.04. The Hall–Kier alpha value is -0.0400. The Morgan fingerprint density at radius 3 is 2.06 bits per heavy atom. The van der Waals surface area contributed by atoms with Crippen molar-refractivity contribution in [3.8, 4) is 0 Å². The predicted octanol–water partition coefficient (Wildman–Crippen LogP) is 4.29. The van der Waals surface area contributed by atoms with Gasteiger partial charge in [0.15, 0.2) is 0 Å². The maximum atomic E-state index is 11.0. The van der Waals surface area contributed by atoms with E-state index in [1.165, 1.54) is 51.4 Å². The normalized spacial score (nSPS) is 36.9. The third-order valence-electron chi connectivity index (χ3n) is 4.86. The number of hydrogen-bond donors (Lipinski definition) is 1. The van der Waals surface area contributed by atoms with Crippen molar-refractivity contribution in [2.24, 2.45) is 11.3 Å². The molecule has 0 aromatic carbocycles. The van der Waals surface area contributed by atoms with Crippen molar-refractivity contribution >= 4 is 0 Å². The van der Waals surface area contributed by atoms with Crippen LogP contribution in [0.1, 0.15) is 78.1 Å². The molecule has 0 saturated heterocycles. The van der Waals surface area contributed by atoms with Crippen molar-refractivity contribution in [3.05, 3.63) is 0 Å². The second-order valence-corrected chi connectivity index (χ2v) is 6.99. The van der Waals surface area contributed by atoms with E-state index in [-0.39, 0.29) is 5.60 Å². The monoisotopic (exact) mass is 224 g/mol. The average Bonchev–Trinajstić information content (AvgIpc) is 2.43. The second-order valence-electron chi connectivity index (χ2n) is 6.99. The van der Waals surface area contributed by atoms with Gasteiger partial charge in [-0.3, -0.25) is 0 Å². The topological polar surface area (TPSA) is 20.2 Å². The molecule has 1 nitrogen and oxygen atoms in total. The Bertz CT molecular complexity index is 226. The van der Waals surface area contributed by atoms with Gasteiger partial charge >= 0.3 is 0 Å². The minimum absolute atomic E-state index is 0.327. The van der Waals surface area contributed by atoms with Gasteiger partial charge in [-0.2, -0.15) is 0 Å². The fourth-order valence-electron chi connectivity index (χ4n) is 4.04. The van der Waals surface area contributed by atoms with E-state index in [9.17, 15) is 5.11 Å². The van der Waals surface area contributed by atoms with Gasteiger partial charge < -0.3 is 5.11 Å². The molecule has 94 valence electrons. The van der Waals surface area contributed by atoms with Crippen LogP contribution in [0.15, 0.2) is 0 Å². The van der Waals surface area contributed by atoms with Crippen molar-refractivity contribution in [2.75, 3.05) is 0 Å². The smallest absolute Gasteiger partial charge is 0.0680 e. The van der Waals surface area contributed by atoms with E-state index in [1.54, 1.807) is 0 Å². The van der Waals surface area contributed by atoms with Crippen LogP contribution in [0.3, 0.4) is 0 Å². The molecule has 2 saturated carbocycles. The van der Waals surface area contributed by atoms with Crippen LogP contribution in [0.25, 0.3) is 0 Å². The summed E-state index contributed by atoms with van der Waals surface area (Å²) in [6.45, 7) is 4.65. The first-order valence-electron chi connectivity index (χ1n) is 7.24. The van der Waals surface area contributed by atoms with Crippen molar-refractivity contribution in [1.82, 2.24) is 0 Å². The lowest BCUT2D eigenvalue weighted by Crippen LogP contribution is -2.45. The molecule has 0 spiro atoms. The van der Waals surface area contributed by atoms with Crippen LogP contribution in [-0.2, 0) is 0 Å². The highest BCUT2D eigenvalue weighted by Crippen LogP contribution is 2.47. The molecule has 1 atom stereocenters. The number of aliphatic hydroxyl groups is 1. The second kappa shape index (κ2) is 4.68. The molecule has 0 radical (unpaired) electrons. The van der Waals surface area contributed by atoms with Crippen LogP contribution in [-0.4, -0.2) is 10.7 Å². The maximum absolute atomic E-state index is 11.0. The summed E-state index contributed by atoms with van der Waals surface area (Å²) in [6, 6.07) is 0. The molecule has 0 heterocycles. The third kappa shape index (κ3) is 2.80. The van der Waals surface area contributed by atoms with Crippen LogP contribution in [0.4, 0.5) is 0 Å². The van der Waals surface area contributed by atoms with Gasteiger partial charge in [0.2, 0.25) is 0 Å². The first-order valence-corrected chi connectivity index (χ1v) is 7.24. The van der Waals surface area contributed by atoms with Gasteiger partial charge in [0.05, 0.1) is 5.60 Å². The van der Waals surface area contributed by atoms with Crippen LogP contribution in [0.5, 0.6) is 0 Å². The quantitative estimate of drug-likeness (QED) is 0.659. The summed E-state index contributed by atoms with van der Waals surface area (Å²) in [4.78, 5) is 0. The molecule has 16 heavy (non-hydrogen) atoms. The van der Waals surface area contributed by atoms with Gasteiger partial charge in [0.1, 0.15) is 0 Å². The summed E-state index contributed by atoms with van der Waals surface area (Å²) in [7, 11) is 0. The van der Waals surface area contributed by atoms with E-state index in [0.29, 0.717) is 11.3 Å². The molecule has 0 amide bonds. The van der Waals surface area contributed by atoms with Crippen molar-refractivity contribution in [1.29, 1.82) is 0 Å². The molecule has 2 rings (SSSR count). The average molecular weight is 224 g/mol. The molecule has 0 bridgehead atoms. The summed E-state index contributed by atoms with van der Waals surface area (Å²) in [5, 5.41) is 11.0. The van der Waals surface area contributed by atoms with Gasteiger partial charge in [-0.1, -0.05) is 46.0 Å². The van der Waals surface area contributed by atoms with E-state index in [0.717, 1.165) is 12.8 Å². The SMILES string of the molecule is CC1(C)CCCC(O)(C2CCCCCC2)C1. The molecule has 2 fully saturated rings. The van der Waals surface area contributed by atoms with Gasteiger partial charge in [-0.15, -0.1) is 0 Å². The Labute approximate surface area is 101 Å². The largest absolute Gasteiger partial charge is 0.390 e. The Morgan fingerprint density at radius 2 is 1.50 bits per heavy atom. The minimum atomic E-state index is -0.327. The lowest BCUT2D eigenvalue weighted by molar-refractivity contribution is -0.0872. The van der Waals surface area contributed by atoms with Crippen LogP contribution < -0.4 is 0 Å². The van der Waals surface area contributed by atoms with Crippen LogP contribution in [0, 0.1) is 11.3 Å². The van der Waals surface area contributed by atoms with Crippen LogP contribution in [0.2, 0.25) is 0 Å². The van der Waals surface area contributed by atoms with Crippen LogP contribution >= 0.6 is 0 Å². The van der Waals surface area contributed by atoms with Gasteiger partial charge in [0.25, 0.3) is 0 Å².